The van der Waals surface area contributed by atoms with Gasteiger partial charge in [0.1, 0.15) is 5.60 Å². The summed E-state index contributed by atoms with van der Waals surface area (Å²) in [6.07, 6.45) is 0.721. The third kappa shape index (κ3) is 4.57. The van der Waals surface area contributed by atoms with Crippen LogP contribution < -0.4 is 0 Å². The highest BCUT2D eigenvalue weighted by atomic mass is 35.5. The second-order valence-electron chi connectivity index (χ2n) is 6.32. The van der Waals surface area contributed by atoms with Crippen LogP contribution in [0.15, 0.2) is 60.7 Å². The monoisotopic (exact) mass is 334 g/mol. The molecule has 23 heavy (non-hydrogen) atoms. The lowest BCUT2D eigenvalue weighted by Crippen LogP contribution is -2.47. The van der Waals surface area contributed by atoms with E-state index < -0.39 is 5.60 Å². The van der Waals surface area contributed by atoms with E-state index in [1.165, 1.54) is 0 Å². The molecule has 0 aliphatic heterocycles. The van der Waals surface area contributed by atoms with E-state index in [1.807, 2.05) is 60.7 Å². The molecule has 0 aromatic heterocycles. The van der Waals surface area contributed by atoms with Gasteiger partial charge in [0.15, 0.2) is 0 Å². The van der Waals surface area contributed by atoms with E-state index in [2.05, 4.69) is 20.9 Å². The van der Waals surface area contributed by atoms with Gasteiger partial charge in [-0.2, -0.15) is 0 Å². The first-order valence-corrected chi connectivity index (χ1v) is 8.21. The Morgan fingerprint density at radius 1 is 0.826 bits per heavy atom. The van der Waals surface area contributed by atoms with Crippen LogP contribution in [0.1, 0.15) is 31.4 Å². The van der Waals surface area contributed by atoms with Gasteiger partial charge in [-0.25, -0.2) is 0 Å². The number of halogens is 1. The number of benzene rings is 2. The normalized spacial score (nSPS) is 11.8. The molecular formula is C20H29ClNO+. The highest BCUT2D eigenvalue weighted by Gasteiger charge is 2.34. The summed E-state index contributed by atoms with van der Waals surface area (Å²) in [6, 6.07) is 20.1. The van der Waals surface area contributed by atoms with Crippen LogP contribution in [0.5, 0.6) is 0 Å². The molecule has 0 bridgehead atoms. The first-order valence-electron chi connectivity index (χ1n) is 8.21. The van der Waals surface area contributed by atoms with Crippen LogP contribution in [0.3, 0.4) is 0 Å². The molecule has 2 aromatic rings. The molecule has 2 rings (SSSR count). The molecule has 0 aliphatic rings. The quantitative estimate of drug-likeness (QED) is 0.752. The first-order chi connectivity index (χ1) is 10.5. The summed E-state index contributed by atoms with van der Waals surface area (Å²) in [6.45, 7) is 7.54. The van der Waals surface area contributed by atoms with Crippen molar-refractivity contribution in [2.45, 2.75) is 25.9 Å². The van der Waals surface area contributed by atoms with Gasteiger partial charge in [-0.1, -0.05) is 60.7 Å². The van der Waals surface area contributed by atoms with Crippen LogP contribution in [0.4, 0.5) is 0 Å². The van der Waals surface area contributed by atoms with Crippen LogP contribution in [0.2, 0.25) is 0 Å². The number of hydrogen-bond donors (Lipinski definition) is 1. The highest BCUT2D eigenvalue weighted by molar-refractivity contribution is 5.85. The Balaban J connectivity index is 0.00000264. The molecule has 0 spiro atoms. The van der Waals surface area contributed by atoms with E-state index in [-0.39, 0.29) is 12.4 Å². The minimum Gasteiger partial charge on any atom is -0.380 e. The Kier molecular flexibility index (Phi) is 7.27. The molecule has 2 nitrogen and oxygen atoms in total. The summed E-state index contributed by atoms with van der Waals surface area (Å²) in [5.41, 5.74) is 1.02. The van der Waals surface area contributed by atoms with Crippen LogP contribution >= 0.6 is 12.4 Å². The molecule has 1 N–H and O–H groups in total. The zero-order valence-corrected chi connectivity index (χ0v) is 15.2. The number of hydrogen-bond acceptors (Lipinski definition) is 1. The molecule has 126 valence electrons. The van der Waals surface area contributed by atoms with Crippen molar-refractivity contribution in [3.8, 4) is 0 Å². The van der Waals surface area contributed by atoms with E-state index in [0.29, 0.717) is 0 Å². The van der Waals surface area contributed by atoms with Crippen LogP contribution in [0.25, 0.3) is 0 Å². The van der Waals surface area contributed by atoms with Crippen molar-refractivity contribution in [3.05, 3.63) is 71.8 Å². The van der Waals surface area contributed by atoms with Crippen molar-refractivity contribution in [2.75, 3.05) is 26.7 Å². The Morgan fingerprint density at radius 2 is 1.22 bits per heavy atom. The number of nitrogens with zero attached hydrogens (tertiary/aromatic N) is 1. The summed E-state index contributed by atoms with van der Waals surface area (Å²) < 4.78 is 0.974. The van der Waals surface area contributed by atoms with Gasteiger partial charge in [-0.3, -0.25) is 0 Å². The summed E-state index contributed by atoms with van der Waals surface area (Å²) in [5.74, 6) is 0. The lowest BCUT2D eigenvalue weighted by atomic mass is 9.83. The SMILES string of the molecule is CC[N+](C)(CC)CCC(O)(c1ccccc1)c1ccccc1.Cl. The molecular weight excluding hydrogens is 306 g/mol. The Bertz CT molecular complexity index is 527. The average Bonchev–Trinajstić information content (AvgIpc) is 2.61. The van der Waals surface area contributed by atoms with E-state index in [1.54, 1.807) is 0 Å². The van der Waals surface area contributed by atoms with Gasteiger partial charge >= 0.3 is 0 Å². The van der Waals surface area contributed by atoms with Crippen molar-refractivity contribution >= 4 is 12.4 Å². The average molecular weight is 335 g/mol. The van der Waals surface area contributed by atoms with Gasteiger partial charge in [0.05, 0.1) is 26.7 Å². The van der Waals surface area contributed by atoms with Crippen LogP contribution in [-0.2, 0) is 5.60 Å². The van der Waals surface area contributed by atoms with Gasteiger partial charge in [0.2, 0.25) is 0 Å². The summed E-state index contributed by atoms with van der Waals surface area (Å²) in [5, 5.41) is 11.5. The molecule has 0 unspecified atom stereocenters. The minimum atomic E-state index is -0.924. The molecule has 0 aliphatic carbocycles. The third-order valence-corrected chi connectivity index (χ3v) is 5.04. The van der Waals surface area contributed by atoms with Crippen molar-refractivity contribution in [1.29, 1.82) is 0 Å². The Labute approximate surface area is 146 Å². The lowest BCUT2D eigenvalue weighted by molar-refractivity contribution is -0.907. The van der Waals surface area contributed by atoms with Gasteiger partial charge in [-0.15, -0.1) is 12.4 Å². The second kappa shape index (κ2) is 8.49. The van der Waals surface area contributed by atoms with Crippen molar-refractivity contribution in [1.82, 2.24) is 0 Å². The van der Waals surface area contributed by atoms with Gasteiger partial charge in [0, 0.05) is 6.42 Å². The fraction of sp³-hybridized carbons (Fsp3) is 0.400. The van der Waals surface area contributed by atoms with E-state index >= 15 is 0 Å². The summed E-state index contributed by atoms with van der Waals surface area (Å²) >= 11 is 0. The molecule has 0 radical (unpaired) electrons. The zero-order valence-electron chi connectivity index (χ0n) is 14.4. The molecule has 0 amide bonds. The van der Waals surface area contributed by atoms with Gasteiger partial charge in [0.25, 0.3) is 0 Å². The number of aliphatic hydroxyl groups is 1. The predicted octanol–water partition coefficient (Wildman–Crippen LogP) is 4.22. The molecule has 3 heteroatoms. The Morgan fingerprint density at radius 3 is 1.57 bits per heavy atom. The lowest BCUT2D eigenvalue weighted by Gasteiger charge is -2.37. The molecule has 0 fully saturated rings. The molecule has 0 atom stereocenters. The molecule has 0 saturated heterocycles. The number of rotatable bonds is 7. The second-order valence-corrected chi connectivity index (χ2v) is 6.32. The van der Waals surface area contributed by atoms with E-state index in [0.717, 1.165) is 41.7 Å². The molecule has 2 aromatic carbocycles. The van der Waals surface area contributed by atoms with Crippen molar-refractivity contribution in [2.24, 2.45) is 0 Å². The molecule has 0 heterocycles. The maximum Gasteiger partial charge on any atom is 0.120 e. The maximum absolute atomic E-state index is 11.5. The van der Waals surface area contributed by atoms with E-state index in [4.69, 9.17) is 0 Å². The van der Waals surface area contributed by atoms with E-state index in [9.17, 15) is 5.11 Å². The van der Waals surface area contributed by atoms with Gasteiger partial charge in [-0.05, 0) is 25.0 Å². The summed E-state index contributed by atoms with van der Waals surface area (Å²) in [4.78, 5) is 0. The van der Waals surface area contributed by atoms with Gasteiger partial charge < -0.3 is 9.59 Å². The Hall–Kier alpha value is -1.35. The maximum atomic E-state index is 11.5. The largest absolute Gasteiger partial charge is 0.380 e. The third-order valence-electron chi connectivity index (χ3n) is 5.04. The zero-order chi connectivity index (χ0) is 16.1. The fourth-order valence-corrected chi connectivity index (χ4v) is 2.85. The highest BCUT2D eigenvalue weighted by Crippen LogP contribution is 2.33. The van der Waals surface area contributed by atoms with Crippen molar-refractivity contribution in [3.63, 3.8) is 0 Å². The van der Waals surface area contributed by atoms with Crippen LogP contribution in [0, 0.1) is 0 Å². The van der Waals surface area contributed by atoms with Crippen molar-refractivity contribution < 1.29 is 9.59 Å². The number of quaternary nitrogens is 1. The first kappa shape index (κ1) is 19.7. The smallest absolute Gasteiger partial charge is 0.120 e. The predicted molar refractivity (Wildman–Crippen MR) is 99.9 cm³/mol. The minimum absolute atomic E-state index is 0. The van der Waals surface area contributed by atoms with Crippen LogP contribution in [-0.4, -0.2) is 36.3 Å². The summed E-state index contributed by atoms with van der Waals surface area (Å²) in [7, 11) is 2.26. The topological polar surface area (TPSA) is 20.2 Å². The fourth-order valence-electron chi connectivity index (χ4n) is 2.85. The standard InChI is InChI=1S/C20H28NO.ClH/c1-4-21(3,5-2)17-16-20(22,18-12-8-6-9-13-18)19-14-10-7-11-15-19;/h6-15,22H,4-5,16-17H2,1-3H3;1H/q+1;. The molecule has 0 saturated carbocycles.